The number of nitrogens with one attached hydrogen (secondary N) is 1. The summed E-state index contributed by atoms with van der Waals surface area (Å²) in [7, 11) is 0. The molecule has 2 atom stereocenters. The van der Waals surface area contributed by atoms with Crippen LogP contribution in [-0.2, 0) is 0 Å². The summed E-state index contributed by atoms with van der Waals surface area (Å²) in [5, 5.41) is 13.5. The summed E-state index contributed by atoms with van der Waals surface area (Å²) in [6, 6.07) is 15.5. The third-order valence-electron chi connectivity index (χ3n) is 6.51. The van der Waals surface area contributed by atoms with E-state index in [1.807, 2.05) is 11.8 Å². The lowest BCUT2D eigenvalue weighted by atomic mass is 10.1. The van der Waals surface area contributed by atoms with E-state index < -0.39 is 0 Å². The molecule has 0 spiro atoms. The predicted molar refractivity (Wildman–Crippen MR) is 139 cm³/mol. The molecule has 1 unspecified atom stereocenters. The highest BCUT2D eigenvalue weighted by Gasteiger charge is 2.36. The normalized spacial score (nSPS) is 19.0. The van der Waals surface area contributed by atoms with Crippen molar-refractivity contribution >= 4 is 40.3 Å². The van der Waals surface area contributed by atoms with Crippen LogP contribution in [-0.4, -0.2) is 46.9 Å². The zero-order valence-corrected chi connectivity index (χ0v) is 21.0. The van der Waals surface area contributed by atoms with Gasteiger partial charge in [0, 0.05) is 34.5 Å². The molecular formula is C26H35N3OS2. The molecule has 1 fully saturated rings. The molecule has 2 aliphatic heterocycles. The highest BCUT2D eigenvalue weighted by molar-refractivity contribution is 7.99. The SMILES string of the molecule is CCC(N1c2ccccc2Sc2ccc(C(=S)NCCC(C)C)cc21)N1CCC[C@@H]1CO. The van der Waals surface area contributed by atoms with Crippen molar-refractivity contribution in [1.29, 1.82) is 0 Å². The molecule has 0 amide bonds. The van der Waals surface area contributed by atoms with Crippen LogP contribution in [0.1, 0.15) is 52.0 Å². The van der Waals surface area contributed by atoms with Gasteiger partial charge in [-0.15, -0.1) is 0 Å². The molecule has 1 saturated heterocycles. The van der Waals surface area contributed by atoms with Gasteiger partial charge < -0.3 is 15.3 Å². The summed E-state index contributed by atoms with van der Waals surface area (Å²) in [4.78, 5) is 8.36. The molecule has 6 heteroatoms. The Morgan fingerprint density at radius 1 is 1.19 bits per heavy atom. The maximum absolute atomic E-state index is 10.0. The minimum atomic E-state index is 0.202. The molecular weight excluding hydrogens is 434 g/mol. The van der Waals surface area contributed by atoms with Gasteiger partial charge in [0.1, 0.15) is 4.99 Å². The number of rotatable bonds is 8. The lowest BCUT2D eigenvalue weighted by molar-refractivity contribution is 0.118. The van der Waals surface area contributed by atoms with Crippen LogP contribution in [0.3, 0.4) is 0 Å². The highest BCUT2D eigenvalue weighted by atomic mass is 32.2. The van der Waals surface area contributed by atoms with Gasteiger partial charge in [0.2, 0.25) is 0 Å². The van der Waals surface area contributed by atoms with Crippen molar-refractivity contribution in [3.8, 4) is 0 Å². The van der Waals surface area contributed by atoms with Crippen molar-refractivity contribution in [1.82, 2.24) is 10.2 Å². The van der Waals surface area contributed by atoms with Crippen molar-refractivity contribution in [3.63, 3.8) is 0 Å². The zero-order chi connectivity index (χ0) is 22.7. The number of hydrogen-bond donors (Lipinski definition) is 2. The first-order valence-electron chi connectivity index (χ1n) is 11.9. The quantitative estimate of drug-likeness (QED) is 0.477. The van der Waals surface area contributed by atoms with Crippen molar-refractivity contribution in [2.24, 2.45) is 5.92 Å². The van der Waals surface area contributed by atoms with Crippen LogP contribution in [0.5, 0.6) is 0 Å². The fraction of sp³-hybridized carbons (Fsp3) is 0.500. The molecule has 0 aromatic heterocycles. The van der Waals surface area contributed by atoms with Gasteiger partial charge in [-0.05, 0) is 55.9 Å². The van der Waals surface area contributed by atoms with E-state index in [9.17, 15) is 5.11 Å². The standard InChI is InChI=1S/C26H35N3OS2/c1-4-25(28-15-7-8-20(28)17-30)29-21-9-5-6-10-23(21)32-24-12-11-19(16-22(24)29)26(31)27-14-13-18(2)3/h5-6,9-12,16,18,20,25,30H,4,7-8,13-15,17H2,1-3H3,(H,27,31)/t20-,25?/m1/s1. The monoisotopic (exact) mass is 469 g/mol. The Kier molecular flexibility index (Phi) is 7.77. The second kappa shape index (κ2) is 10.6. The minimum Gasteiger partial charge on any atom is -0.395 e. The molecule has 0 aliphatic carbocycles. The Hall–Kier alpha value is -1.60. The van der Waals surface area contributed by atoms with Gasteiger partial charge in [-0.3, -0.25) is 4.90 Å². The average Bonchev–Trinajstić information content (AvgIpc) is 3.27. The summed E-state index contributed by atoms with van der Waals surface area (Å²) < 4.78 is 0. The zero-order valence-electron chi connectivity index (χ0n) is 19.4. The third-order valence-corrected chi connectivity index (χ3v) is 8.02. The Morgan fingerprint density at radius 2 is 1.97 bits per heavy atom. The molecule has 172 valence electrons. The van der Waals surface area contributed by atoms with Crippen LogP contribution in [0.15, 0.2) is 52.3 Å². The molecule has 4 rings (SSSR count). The first-order valence-corrected chi connectivity index (χ1v) is 13.1. The number of para-hydroxylation sites is 1. The van der Waals surface area contributed by atoms with E-state index in [-0.39, 0.29) is 18.8 Å². The number of fused-ring (bicyclic) bond motifs is 2. The number of hydrogen-bond acceptors (Lipinski definition) is 5. The molecule has 0 saturated carbocycles. The highest BCUT2D eigenvalue weighted by Crippen LogP contribution is 2.50. The Bertz CT molecular complexity index is 948. The van der Waals surface area contributed by atoms with E-state index >= 15 is 0 Å². The van der Waals surface area contributed by atoms with Crippen LogP contribution in [0.4, 0.5) is 11.4 Å². The average molecular weight is 470 g/mol. The van der Waals surface area contributed by atoms with Crippen molar-refractivity contribution < 1.29 is 5.11 Å². The van der Waals surface area contributed by atoms with E-state index in [0.29, 0.717) is 5.92 Å². The smallest absolute Gasteiger partial charge is 0.106 e. The Morgan fingerprint density at radius 3 is 2.72 bits per heavy atom. The maximum atomic E-state index is 10.0. The van der Waals surface area contributed by atoms with E-state index in [1.165, 1.54) is 21.2 Å². The Labute approximate surface area is 202 Å². The van der Waals surface area contributed by atoms with Crippen molar-refractivity contribution in [3.05, 3.63) is 48.0 Å². The van der Waals surface area contributed by atoms with Gasteiger partial charge in [0.05, 0.1) is 24.1 Å². The lowest BCUT2D eigenvalue weighted by Gasteiger charge is -2.44. The van der Waals surface area contributed by atoms with Gasteiger partial charge in [-0.2, -0.15) is 0 Å². The van der Waals surface area contributed by atoms with E-state index in [4.69, 9.17) is 12.2 Å². The van der Waals surface area contributed by atoms with E-state index in [0.717, 1.165) is 49.3 Å². The number of anilines is 2. The number of likely N-dealkylation sites (tertiary alicyclic amines) is 1. The number of benzene rings is 2. The molecule has 2 aromatic carbocycles. The summed E-state index contributed by atoms with van der Waals surface area (Å²) in [6.07, 6.45) is 4.50. The number of aliphatic hydroxyl groups excluding tert-OH is 1. The molecule has 0 radical (unpaired) electrons. The molecule has 2 aliphatic rings. The second-order valence-electron chi connectivity index (χ2n) is 9.17. The fourth-order valence-electron chi connectivity index (χ4n) is 4.83. The largest absolute Gasteiger partial charge is 0.395 e. The predicted octanol–water partition coefficient (Wildman–Crippen LogP) is 5.79. The molecule has 0 bridgehead atoms. The topological polar surface area (TPSA) is 38.7 Å². The van der Waals surface area contributed by atoms with E-state index in [1.54, 1.807) is 0 Å². The first kappa shape index (κ1) is 23.6. The third kappa shape index (κ3) is 4.84. The van der Waals surface area contributed by atoms with Gasteiger partial charge in [0.25, 0.3) is 0 Å². The number of nitrogens with zero attached hydrogens (tertiary/aromatic N) is 2. The molecule has 2 N–H and O–H groups in total. The molecule has 4 nitrogen and oxygen atoms in total. The van der Waals surface area contributed by atoms with Crippen LogP contribution in [0.25, 0.3) is 0 Å². The van der Waals surface area contributed by atoms with Gasteiger partial charge in [-0.25, -0.2) is 0 Å². The summed E-state index contributed by atoms with van der Waals surface area (Å²) in [6.45, 7) is 8.87. The molecule has 2 heterocycles. The first-order chi connectivity index (χ1) is 15.5. The van der Waals surface area contributed by atoms with Crippen molar-refractivity contribution in [2.45, 2.75) is 68.5 Å². The molecule has 32 heavy (non-hydrogen) atoms. The summed E-state index contributed by atoms with van der Waals surface area (Å²) in [5.41, 5.74) is 3.54. The summed E-state index contributed by atoms with van der Waals surface area (Å²) in [5.74, 6) is 0.655. The lowest BCUT2D eigenvalue weighted by Crippen LogP contribution is -2.50. The van der Waals surface area contributed by atoms with Crippen LogP contribution >= 0.6 is 24.0 Å². The van der Waals surface area contributed by atoms with Gasteiger partial charge >= 0.3 is 0 Å². The van der Waals surface area contributed by atoms with Gasteiger partial charge in [-0.1, -0.05) is 63.0 Å². The fourth-order valence-corrected chi connectivity index (χ4v) is 6.11. The number of thiocarbonyl (C=S) groups is 1. The van der Waals surface area contributed by atoms with Crippen LogP contribution in [0, 0.1) is 5.92 Å². The Balaban J connectivity index is 1.70. The van der Waals surface area contributed by atoms with Crippen molar-refractivity contribution in [2.75, 3.05) is 24.6 Å². The number of aliphatic hydroxyl groups is 1. The van der Waals surface area contributed by atoms with Crippen LogP contribution < -0.4 is 10.2 Å². The second-order valence-corrected chi connectivity index (χ2v) is 10.7. The molecule has 2 aromatic rings. The van der Waals surface area contributed by atoms with Crippen LogP contribution in [0.2, 0.25) is 0 Å². The maximum Gasteiger partial charge on any atom is 0.106 e. The van der Waals surface area contributed by atoms with E-state index in [2.05, 4.69) is 78.4 Å². The summed E-state index contributed by atoms with van der Waals surface area (Å²) >= 11 is 7.59. The van der Waals surface area contributed by atoms with Gasteiger partial charge in [0.15, 0.2) is 0 Å². The minimum absolute atomic E-state index is 0.202.